The highest BCUT2D eigenvalue weighted by atomic mass is 32.2. The number of esters is 3. The first-order chi connectivity index (χ1) is 19.5. The van der Waals surface area contributed by atoms with Crippen LogP contribution in [0.1, 0.15) is 45.7 Å². The Balaban J connectivity index is 1.38. The number of hydrogen-bond donors (Lipinski definition) is 3. The molecule has 0 aromatic heterocycles. The van der Waals surface area contributed by atoms with Crippen LogP contribution in [-0.2, 0) is 48.0 Å². The number of nitrogens with one attached hydrogen (secondary N) is 2. The summed E-state index contributed by atoms with van der Waals surface area (Å²) in [6, 6.07) is 3.91. The van der Waals surface area contributed by atoms with Crippen molar-refractivity contribution in [3.63, 3.8) is 0 Å². The maximum absolute atomic E-state index is 13.0. The van der Waals surface area contributed by atoms with Crippen LogP contribution in [0.15, 0.2) is 30.3 Å². The van der Waals surface area contributed by atoms with Gasteiger partial charge in [-0.1, -0.05) is 30.3 Å². The van der Waals surface area contributed by atoms with E-state index in [2.05, 4.69) is 10.6 Å². The van der Waals surface area contributed by atoms with E-state index in [1.807, 2.05) is 0 Å². The van der Waals surface area contributed by atoms with Crippen molar-refractivity contribution in [2.24, 2.45) is 5.73 Å². The van der Waals surface area contributed by atoms with E-state index in [4.69, 9.17) is 19.9 Å². The number of sulfone groups is 1. The van der Waals surface area contributed by atoms with Crippen molar-refractivity contribution in [2.45, 2.75) is 78.5 Å². The number of amides is 2. The quantitative estimate of drug-likeness (QED) is 0.177. The third-order valence-electron chi connectivity index (χ3n) is 7.79. The Kier molecular flexibility index (Phi) is 8.66. The zero-order valence-electron chi connectivity index (χ0n) is 23.7. The summed E-state index contributed by atoms with van der Waals surface area (Å²) >= 11 is 1.19. The van der Waals surface area contributed by atoms with Crippen molar-refractivity contribution in [1.82, 2.24) is 15.5 Å². The molecular formula is C26H34N4O10S2. The van der Waals surface area contributed by atoms with Gasteiger partial charge in [-0.05, 0) is 33.3 Å². The lowest BCUT2D eigenvalue weighted by Gasteiger charge is -2.36. The summed E-state index contributed by atoms with van der Waals surface area (Å²) < 4.78 is 38.2. The van der Waals surface area contributed by atoms with Crippen molar-refractivity contribution in [2.75, 3.05) is 13.9 Å². The van der Waals surface area contributed by atoms with Crippen LogP contribution in [0.25, 0.3) is 0 Å². The van der Waals surface area contributed by atoms with Crippen molar-refractivity contribution in [3.05, 3.63) is 35.9 Å². The summed E-state index contributed by atoms with van der Waals surface area (Å²) in [6.07, 6.45) is -0.197. The molecule has 0 saturated carbocycles. The summed E-state index contributed by atoms with van der Waals surface area (Å²) in [5, 5.41) is 3.68. The number of carbonyl (C=O) groups excluding carboxylic acids is 5. The molecule has 0 spiro atoms. The SMILES string of the molecule is COC(=O)C(NC(=O)[C@H](N)c1ccccc1)C1N[C@@H](C(=O)OCOC(=O)[C@@H]2N3C(=O)C[C@H]3S(=O)(=O)C2(C)C)C(C)(C)S1. The fraction of sp³-hybridized carbons (Fsp3) is 0.577. The van der Waals surface area contributed by atoms with Gasteiger partial charge in [0.05, 0.1) is 23.7 Å². The number of fused-ring (bicyclic) bond motifs is 1. The number of thioether (sulfide) groups is 1. The first-order valence-corrected chi connectivity index (χ1v) is 15.5. The second kappa shape index (κ2) is 11.5. The molecule has 16 heteroatoms. The first kappa shape index (κ1) is 31.7. The highest BCUT2D eigenvalue weighted by Crippen LogP contribution is 2.46. The van der Waals surface area contributed by atoms with E-state index in [-0.39, 0.29) is 6.42 Å². The van der Waals surface area contributed by atoms with Gasteiger partial charge in [0.2, 0.25) is 18.6 Å². The molecule has 230 valence electrons. The van der Waals surface area contributed by atoms with E-state index in [0.717, 1.165) is 12.0 Å². The molecule has 3 aliphatic rings. The summed E-state index contributed by atoms with van der Waals surface area (Å²) in [5.74, 6) is -3.71. The molecule has 0 aliphatic carbocycles. The lowest BCUT2D eigenvalue weighted by atomic mass is 9.98. The standard InChI is InChI=1S/C26H34N4O10S2/c1-25(2)18(23(34)39-12-40-24(35)19-26(3,4)42(36,37)15-11-14(31)30(15)19)29-21(41-25)17(22(33)38-5)28-20(32)16(27)13-9-7-6-8-10-13/h6-10,15-19,21,29H,11-12,27H2,1-5H3,(H,28,32)/t15-,16-,17?,18+,19+,21?/m1/s1. The Morgan fingerprint density at radius 2 is 1.74 bits per heavy atom. The number of benzene rings is 1. The minimum Gasteiger partial charge on any atom is -0.467 e. The zero-order valence-corrected chi connectivity index (χ0v) is 25.3. The molecule has 3 heterocycles. The summed E-state index contributed by atoms with van der Waals surface area (Å²) in [5.41, 5.74) is 6.61. The number of methoxy groups -OCH3 is 1. The number of nitrogens with two attached hydrogens (primary N) is 1. The molecule has 14 nitrogen and oxygen atoms in total. The van der Waals surface area contributed by atoms with Crippen LogP contribution in [0.3, 0.4) is 0 Å². The minimum atomic E-state index is -3.81. The molecule has 6 atom stereocenters. The summed E-state index contributed by atoms with van der Waals surface area (Å²) in [6.45, 7) is 5.30. The molecule has 3 fully saturated rings. The maximum Gasteiger partial charge on any atom is 0.333 e. The topological polar surface area (TPSA) is 200 Å². The molecule has 2 unspecified atom stereocenters. The second-order valence-corrected chi connectivity index (χ2v) is 15.7. The van der Waals surface area contributed by atoms with Crippen molar-refractivity contribution >= 4 is 51.3 Å². The van der Waals surface area contributed by atoms with E-state index < -0.39 is 90.8 Å². The number of rotatable bonds is 9. The molecule has 0 radical (unpaired) electrons. The predicted molar refractivity (Wildman–Crippen MR) is 149 cm³/mol. The molecule has 3 saturated heterocycles. The van der Waals surface area contributed by atoms with Crippen LogP contribution in [0.2, 0.25) is 0 Å². The highest BCUT2D eigenvalue weighted by molar-refractivity contribution is 8.01. The van der Waals surface area contributed by atoms with Gasteiger partial charge in [0.1, 0.15) is 23.5 Å². The maximum atomic E-state index is 13.0. The Bertz CT molecular complexity index is 1380. The van der Waals surface area contributed by atoms with E-state index in [0.29, 0.717) is 5.56 Å². The highest BCUT2D eigenvalue weighted by Gasteiger charge is 2.68. The molecule has 2 amide bonds. The molecule has 1 aromatic carbocycles. The summed E-state index contributed by atoms with van der Waals surface area (Å²) in [7, 11) is -2.65. The molecule has 4 N–H and O–H groups in total. The van der Waals surface area contributed by atoms with Crippen LogP contribution in [0.4, 0.5) is 0 Å². The summed E-state index contributed by atoms with van der Waals surface area (Å²) in [4.78, 5) is 64.4. The van der Waals surface area contributed by atoms with Crippen molar-refractivity contribution in [3.8, 4) is 0 Å². The fourth-order valence-corrected chi connectivity index (χ4v) is 8.86. The lowest BCUT2D eigenvalue weighted by Crippen LogP contribution is -2.57. The van der Waals surface area contributed by atoms with Gasteiger partial charge >= 0.3 is 17.9 Å². The third kappa shape index (κ3) is 5.47. The number of ether oxygens (including phenoxy) is 3. The normalized spacial score (nSPS) is 28.0. The third-order valence-corrected chi connectivity index (χ3v) is 12.1. The monoisotopic (exact) mass is 626 g/mol. The van der Waals surface area contributed by atoms with Crippen LogP contribution >= 0.6 is 11.8 Å². The Morgan fingerprint density at radius 1 is 1.12 bits per heavy atom. The van der Waals surface area contributed by atoms with E-state index in [1.165, 1.54) is 25.6 Å². The van der Waals surface area contributed by atoms with Gasteiger partial charge in [-0.3, -0.25) is 19.7 Å². The van der Waals surface area contributed by atoms with Gasteiger partial charge in [0.25, 0.3) is 0 Å². The number of β-lactam (4-membered cyclic amide) rings is 1. The van der Waals surface area contributed by atoms with Gasteiger partial charge in [-0.2, -0.15) is 0 Å². The van der Waals surface area contributed by atoms with Crippen molar-refractivity contribution in [1.29, 1.82) is 0 Å². The van der Waals surface area contributed by atoms with Crippen LogP contribution in [0.5, 0.6) is 0 Å². The Labute approximate surface area is 247 Å². The van der Waals surface area contributed by atoms with E-state index >= 15 is 0 Å². The molecule has 4 rings (SSSR count). The molecule has 1 aromatic rings. The van der Waals surface area contributed by atoms with Gasteiger partial charge < -0.3 is 30.2 Å². The average molecular weight is 627 g/mol. The smallest absolute Gasteiger partial charge is 0.333 e. The number of hydrogen-bond acceptors (Lipinski definition) is 13. The van der Waals surface area contributed by atoms with Crippen molar-refractivity contribution < 1.29 is 46.6 Å². The van der Waals surface area contributed by atoms with Crippen LogP contribution in [-0.4, -0.2) is 95.3 Å². The minimum absolute atomic E-state index is 0.197. The molecule has 0 bridgehead atoms. The average Bonchev–Trinajstić information content (AvgIpc) is 3.32. The molecule has 3 aliphatic heterocycles. The van der Waals surface area contributed by atoms with Crippen LogP contribution < -0.4 is 16.4 Å². The van der Waals surface area contributed by atoms with Gasteiger partial charge in [0, 0.05) is 4.75 Å². The van der Waals surface area contributed by atoms with Gasteiger partial charge in [0.15, 0.2) is 15.9 Å². The Hall–Kier alpha value is -3.21. The van der Waals surface area contributed by atoms with Gasteiger partial charge in [-0.15, -0.1) is 11.8 Å². The van der Waals surface area contributed by atoms with Crippen LogP contribution in [0, 0.1) is 0 Å². The first-order valence-electron chi connectivity index (χ1n) is 13.0. The fourth-order valence-electron chi connectivity index (χ4n) is 5.27. The second-order valence-electron chi connectivity index (χ2n) is 11.2. The molecule has 42 heavy (non-hydrogen) atoms. The van der Waals surface area contributed by atoms with E-state index in [9.17, 15) is 32.4 Å². The van der Waals surface area contributed by atoms with E-state index in [1.54, 1.807) is 44.2 Å². The Morgan fingerprint density at radius 3 is 2.33 bits per heavy atom. The predicted octanol–water partition coefficient (Wildman–Crippen LogP) is -0.668. The number of nitrogens with zero attached hydrogens (tertiary/aromatic N) is 1. The lowest BCUT2D eigenvalue weighted by molar-refractivity contribution is -0.176. The number of carbonyl (C=O) groups is 5. The largest absolute Gasteiger partial charge is 0.467 e. The van der Waals surface area contributed by atoms with Gasteiger partial charge in [-0.25, -0.2) is 18.0 Å². The molecular weight excluding hydrogens is 592 g/mol. The zero-order chi connectivity index (χ0) is 31.2.